The van der Waals surface area contributed by atoms with Crippen molar-refractivity contribution < 1.29 is 14.7 Å². The maximum absolute atomic E-state index is 12.5. The highest BCUT2D eigenvalue weighted by Crippen LogP contribution is 2.30. The van der Waals surface area contributed by atoms with Crippen molar-refractivity contribution in [3.8, 4) is 0 Å². The van der Waals surface area contributed by atoms with E-state index in [4.69, 9.17) is 0 Å². The molecule has 0 spiro atoms. The van der Waals surface area contributed by atoms with Crippen LogP contribution in [0.4, 0.5) is 0 Å². The van der Waals surface area contributed by atoms with Gasteiger partial charge in [0, 0.05) is 17.9 Å². The van der Waals surface area contributed by atoms with Crippen molar-refractivity contribution in [3.63, 3.8) is 0 Å². The number of carbonyl (C=O) groups excluding carboxylic acids is 1. The molecular weight excluding hydrogens is 286 g/mol. The minimum atomic E-state index is -1.08. The monoisotopic (exact) mass is 307 g/mol. The number of nitrogens with zero attached hydrogens (tertiary/aromatic N) is 1. The molecular formula is C16H21NO3S. The fourth-order valence-electron chi connectivity index (χ4n) is 2.63. The Morgan fingerprint density at radius 3 is 2.57 bits per heavy atom. The Balaban J connectivity index is 2.14. The molecule has 0 saturated carbocycles. The molecule has 0 bridgehead atoms. The summed E-state index contributed by atoms with van der Waals surface area (Å²) in [6, 6.07) is 7.50. The Hall–Kier alpha value is -1.49. The zero-order valence-corrected chi connectivity index (χ0v) is 13.3. The van der Waals surface area contributed by atoms with Gasteiger partial charge in [-0.1, -0.05) is 19.1 Å². The average Bonchev–Trinajstić information content (AvgIpc) is 2.88. The second-order valence-electron chi connectivity index (χ2n) is 5.47. The van der Waals surface area contributed by atoms with Crippen LogP contribution in [0, 0.1) is 0 Å². The molecule has 4 nitrogen and oxygen atoms in total. The summed E-state index contributed by atoms with van der Waals surface area (Å²) >= 11 is 1.83. The Labute approximate surface area is 129 Å². The van der Waals surface area contributed by atoms with Gasteiger partial charge in [0.2, 0.25) is 0 Å². The van der Waals surface area contributed by atoms with Crippen molar-refractivity contribution in [2.75, 3.05) is 12.3 Å². The first kappa shape index (κ1) is 15.9. The van der Waals surface area contributed by atoms with Gasteiger partial charge in [-0.05, 0) is 43.2 Å². The van der Waals surface area contributed by atoms with Gasteiger partial charge in [-0.2, -0.15) is 11.8 Å². The fourth-order valence-corrected chi connectivity index (χ4v) is 3.26. The number of rotatable bonds is 5. The van der Waals surface area contributed by atoms with Crippen LogP contribution in [0.1, 0.15) is 42.6 Å². The molecule has 21 heavy (non-hydrogen) atoms. The van der Waals surface area contributed by atoms with E-state index >= 15 is 0 Å². The number of carboxylic acids is 1. The van der Waals surface area contributed by atoms with Crippen LogP contribution in [0.3, 0.4) is 0 Å². The average molecular weight is 307 g/mol. The van der Waals surface area contributed by atoms with Gasteiger partial charge in [0.1, 0.15) is 5.54 Å². The van der Waals surface area contributed by atoms with Crippen LogP contribution in [0.2, 0.25) is 0 Å². The molecule has 1 heterocycles. The molecule has 1 saturated heterocycles. The molecule has 114 valence electrons. The normalized spacial score (nSPS) is 21.5. The highest BCUT2D eigenvalue weighted by atomic mass is 32.2. The summed E-state index contributed by atoms with van der Waals surface area (Å²) in [5, 5.41) is 9.38. The van der Waals surface area contributed by atoms with E-state index in [1.807, 2.05) is 23.9 Å². The number of likely N-dealkylation sites (tertiary alicyclic amines) is 1. The molecule has 0 aliphatic carbocycles. The molecule has 1 unspecified atom stereocenters. The van der Waals surface area contributed by atoms with E-state index in [0.29, 0.717) is 18.5 Å². The van der Waals surface area contributed by atoms with E-state index in [-0.39, 0.29) is 5.91 Å². The number of thioether (sulfide) groups is 1. The van der Waals surface area contributed by atoms with E-state index < -0.39 is 11.5 Å². The van der Waals surface area contributed by atoms with Crippen molar-refractivity contribution in [2.45, 2.75) is 38.0 Å². The first-order valence-electron chi connectivity index (χ1n) is 7.21. The zero-order chi connectivity index (χ0) is 15.5. The van der Waals surface area contributed by atoms with E-state index in [9.17, 15) is 14.7 Å². The van der Waals surface area contributed by atoms with E-state index in [2.05, 4.69) is 6.92 Å². The zero-order valence-electron chi connectivity index (χ0n) is 12.5. The summed E-state index contributed by atoms with van der Waals surface area (Å²) < 4.78 is 0. The lowest BCUT2D eigenvalue weighted by atomic mass is 9.98. The molecule has 1 fully saturated rings. The molecule has 1 aromatic carbocycles. The summed E-state index contributed by atoms with van der Waals surface area (Å²) in [4.78, 5) is 25.5. The van der Waals surface area contributed by atoms with Crippen molar-refractivity contribution >= 4 is 23.6 Å². The van der Waals surface area contributed by atoms with E-state index in [0.717, 1.165) is 17.9 Å². The smallest absolute Gasteiger partial charge is 0.329 e. The van der Waals surface area contributed by atoms with Crippen LogP contribution < -0.4 is 0 Å². The van der Waals surface area contributed by atoms with Gasteiger partial charge < -0.3 is 10.0 Å². The summed E-state index contributed by atoms with van der Waals surface area (Å²) in [6.45, 7) is 4.25. The maximum Gasteiger partial charge on any atom is 0.329 e. The molecule has 1 atom stereocenters. The predicted octanol–water partition coefficient (Wildman–Crippen LogP) is 3.02. The first-order chi connectivity index (χ1) is 9.99. The molecule has 0 radical (unpaired) electrons. The summed E-state index contributed by atoms with van der Waals surface area (Å²) in [5.41, 5.74) is 0.670. The third-order valence-corrected chi connectivity index (χ3v) is 4.97. The number of hydrogen-bond donors (Lipinski definition) is 1. The second-order valence-corrected chi connectivity index (χ2v) is 6.75. The minimum Gasteiger partial charge on any atom is -0.480 e. The molecule has 1 N–H and O–H groups in total. The van der Waals surface area contributed by atoms with E-state index in [1.54, 1.807) is 19.1 Å². The topological polar surface area (TPSA) is 57.6 Å². The largest absolute Gasteiger partial charge is 0.480 e. The Morgan fingerprint density at radius 2 is 2.00 bits per heavy atom. The molecule has 0 aromatic heterocycles. The van der Waals surface area contributed by atoms with Crippen LogP contribution in [0.15, 0.2) is 24.3 Å². The van der Waals surface area contributed by atoms with Crippen LogP contribution in [-0.4, -0.2) is 39.7 Å². The van der Waals surface area contributed by atoms with Crippen molar-refractivity contribution in [3.05, 3.63) is 35.4 Å². The molecule has 1 amide bonds. The number of aliphatic carboxylic acids is 1. The molecule has 5 heteroatoms. The van der Waals surface area contributed by atoms with Gasteiger partial charge in [0.05, 0.1) is 0 Å². The standard InChI is InChI=1S/C16H21NO3S/c1-3-21-11-12-5-7-13(8-6-12)14(18)17-10-4-9-16(17,2)15(19)20/h5-8H,3-4,9-11H2,1-2H3,(H,19,20). The Bertz CT molecular complexity index is 529. The SMILES string of the molecule is CCSCc1ccc(C(=O)N2CCCC2(C)C(=O)O)cc1. The maximum atomic E-state index is 12.5. The van der Waals surface area contributed by atoms with Crippen molar-refractivity contribution in [1.82, 2.24) is 4.90 Å². The summed E-state index contributed by atoms with van der Waals surface area (Å²) in [6.07, 6.45) is 1.25. The van der Waals surface area contributed by atoms with Gasteiger partial charge in [0.25, 0.3) is 5.91 Å². The van der Waals surface area contributed by atoms with Crippen LogP contribution in [0.5, 0.6) is 0 Å². The highest BCUT2D eigenvalue weighted by molar-refractivity contribution is 7.98. The first-order valence-corrected chi connectivity index (χ1v) is 8.36. The van der Waals surface area contributed by atoms with Crippen molar-refractivity contribution in [1.29, 1.82) is 0 Å². The van der Waals surface area contributed by atoms with E-state index in [1.165, 1.54) is 10.5 Å². The van der Waals surface area contributed by atoms with Crippen molar-refractivity contribution in [2.24, 2.45) is 0 Å². The third kappa shape index (κ3) is 3.23. The minimum absolute atomic E-state index is 0.188. The van der Waals surface area contributed by atoms with Crippen LogP contribution >= 0.6 is 11.8 Å². The van der Waals surface area contributed by atoms with Crippen LogP contribution in [0.25, 0.3) is 0 Å². The van der Waals surface area contributed by atoms with Gasteiger partial charge in [-0.25, -0.2) is 4.79 Å². The van der Waals surface area contributed by atoms with Gasteiger partial charge in [-0.3, -0.25) is 4.79 Å². The number of amides is 1. The lowest BCUT2D eigenvalue weighted by Gasteiger charge is -2.31. The molecule has 2 rings (SSSR count). The predicted molar refractivity (Wildman–Crippen MR) is 84.6 cm³/mol. The quantitative estimate of drug-likeness (QED) is 0.908. The highest BCUT2D eigenvalue weighted by Gasteiger charge is 2.46. The number of hydrogen-bond acceptors (Lipinski definition) is 3. The van der Waals surface area contributed by atoms with Crippen LogP contribution in [-0.2, 0) is 10.5 Å². The number of benzene rings is 1. The second kappa shape index (κ2) is 6.52. The number of carboxylic acid groups (broad SMARTS) is 1. The molecule has 1 aromatic rings. The molecule has 1 aliphatic heterocycles. The lowest BCUT2D eigenvalue weighted by molar-refractivity contribution is -0.147. The third-order valence-electron chi connectivity index (χ3n) is 4.02. The van der Waals surface area contributed by atoms with Gasteiger partial charge in [-0.15, -0.1) is 0 Å². The fraction of sp³-hybridized carbons (Fsp3) is 0.500. The Kier molecular flexibility index (Phi) is 4.93. The Morgan fingerprint density at radius 1 is 1.33 bits per heavy atom. The van der Waals surface area contributed by atoms with Gasteiger partial charge in [0.15, 0.2) is 0 Å². The lowest BCUT2D eigenvalue weighted by Crippen LogP contribution is -2.50. The summed E-state index contributed by atoms with van der Waals surface area (Å²) in [5.74, 6) is 0.879. The molecule has 1 aliphatic rings. The van der Waals surface area contributed by atoms with Gasteiger partial charge >= 0.3 is 5.97 Å². The summed E-state index contributed by atoms with van der Waals surface area (Å²) in [7, 11) is 0. The number of carbonyl (C=O) groups is 2.